The van der Waals surface area contributed by atoms with Gasteiger partial charge in [-0.15, -0.1) is 0 Å². The van der Waals surface area contributed by atoms with Crippen molar-refractivity contribution < 1.29 is 4.42 Å². The minimum atomic E-state index is 0.454. The molecule has 0 aliphatic rings. The summed E-state index contributed by atoms with van der Waals surface area (Å²) in [6, 6.07) is 0. The second-order valence-corrected chi connectivity index (χ2v) is 3.17. The van der Waals surface area contributed by atoms with Gasteiger partial charge in [-0.05, 0) is 13.0 Å². The van der Waals surface area contributed by atoms with Gasteiger partial charge in [-0.3, -0.25) is 0 Å². The first-order chi connectivity index (χ1) is 5.75. The Hall–Kier alpha value is -0.830. The van der Waals surface area contributed by atoms with Crippen LogP contribution >= 0.6 is 0 Å². The second-order valence-electron chi connectivity index (χ2n) is 3.17. The van der Waals surface area contributed by atoms with E-state index in [0.717, 1.165) is 24.4 Å². The van der Waals surface area contributed by atoms with Gasteiger partial charge in [0.1, 0.15) is 5.76 Å². The molecule has 3 heteroatoms. The SMILES string of the molecule is CNCCc1ocnc1C(C)C. The van der Waals surface area contributed by atoms with E-state index in [1.165, 1.54) is 6.39 Å². The minimum Gasteiger partial charge on any atom is -0.448 e. The van der Waals surface area contributed by atoms with E-state index in [1.807, 2.05) is 7.05 Å². The number of hydrogen-bond donors (Lipinski definition) is 1. The fraction of sp³-hybridized carbons (Fsp3) is 0.667. The van der Waals surface area contributed by atoms with Crippen LogP contribution in [0.3, 0.4) is 0 Å². The first-order valence-corrected chi connectivity index (χ1v) is 4.32. The van der Waals surface area contributed by atoms with Gasteiger partial charge in [0.15, 0.2) is 6.39 Å². The molecule has 0 radical (unpaired) electrons. The lowest BCUT2D eigenvalue weighted by Crippen LogP contribution is -2.11. The van der Waals surface area contributed by atoms with Crippen LogP contribution in [0, 0.1) is 0 Å². The summed E-state index contributed by atoms with van der Waals surface area (Å²) in [7, 11) is 1.94. The van der Waals surface area contributed by atoms with Crippen molar-refractivity contribution in [2.24, 2.45) is 0 Å². The van der Waals surface area contributed by atoms with Crippen LogP contribution in [0.5, 0.6) is 0 Å². The largest absolute Gasteiger partial charge is 0.448 e. The third kappa shape index (κ3) is 2.08. The Labute approximate surface area is 73.2 Å². The van der Waals surface area contributed by atoms with Gasteiger partial charge in [-0.1, -0.05) is 13.8 Å². The summed E-state index contributed by atoms with van der Waals surface area (Å²) >= 11 is 0. The average molecular weight is 168 g/mol. The summed E-state index contributed by atoms with van der Waals surface area (Å²) in [6.45, 7) is 5.19. The Kier molecular flexibility index (Phi) is 3.29. The summed E-state index contributed by atoms with van der Waals surface area (Å²) in [5.74, 6) is 1.47. The highest BCUT2D eigenvalue weighted by molar-refractivity contribution is 5.11. The first kappa shape index (κ1) is 9.26. The van der Waals surface area contributed by atoms with Crippen molar-refractivity contribution in [3.05, 3.63) is 17.8 Å². The van der Waals surface area contributed by atoms with Crippen LogP contribution in [0.15, 0.2) is 10.8 Å². The Balaban J connectivity index is 2.64. The average Bonchev–Trinajstić information content (AvgIpc) is 2.48. The van der Waals surface area contributed by atoms with Crippen LogP contribution in [0.4, 0.5) is 0 Å². The molecule has 0 saturated carbocycles. The number of oxazole rings is 1. The second kappa shape index (κ2) is 4.26. The summed E-state index contributed by atoms with van der Waals surface area (Å²) in [5, 5.41) is 3.08. The molecule has 0 amide bonds. The maximum absolute atomic E-state index is 5.28. The van der Waals surface area contributed by atoms with Gasteiger partial charge < -0.3 is 9.73 Å². The van der Waals surface area contributed by atoms with Gasteiger partial charge in [0.2, 0.25) is 0 Å². The van der Waals surface area contributed by atoms with E-state index in [-0.39, 0.29) is 0 Å². The molecule has 1 heterocycles. The molecule has 0 saturated heterocycles. The zero-order chi connectivity index (χ0) is 8.97. The highest BCUT2D eigenvalue weighted by Crippen LogP contribution is 2.17. The molecule has 0 fully saturated rings. The van der Waals surface area contributed by atoms with E-state index in [9.17, 15) is 0 Å². The van der Waals surface area contributed by atoms with E-state index in [1.54, 1.807) is 0 Å². The molecule has 1 rings (SSSR count). The van der Waals surface area contributed by atoms with Crippen molar-refractivity contribution in [1.29, 1.82) is 0 Å². The van der Waals surface area contributed by atoms with Gasteiger partial charge in [0.25, 0.3) is 0 Å². The molecule has 0 unspecified atom stereocenters. The highest BCUT2D eigenvalue weighted by atomic mass is 16.3. The van der Waals surface area contributed by atoms with Crippen molar-refractivity contribution >= 4 is 0 Å². The molecule has 0 atom stereocenters. The molecule has 1 aromatic heterocycles. The fourth-order valence-corrected chi connectivity index (χ4v) is 1.18. The van der Waals surface area contributed by atoms with Crippen LogP contribution in [-0.2, 0) is 6.42 Å². The molecule has 12 heavy (non-hydrogen) atoms. The first-order valence-electron chi connectivity index (χ1n) is 4.32. The van der Waals surface area contributed by atoms with Gasteiger partial charge in [-0.2, -0.15) is 0 Å². The third-order valence-electron chi connectivity index (χ3n) is 1.82. The van der Waals surface area contributed by atoms with E-state index in [2.05, 4.69) is 24.1 Å². The maximum atomic E-state index is 5.28. The summed E-state index contributed by atoms with van der Waals surface area (Å²) < 4.78 is 5.28. The Morgan fingerprint density at radius 3 is 2.92 bits per heavy atom. The molecule has 0 aliphatic heterocycles. The van der Waals surface area contributed by atoms with Gasteiger partial charge in [0.05, 0.1) is 5.69 Å². The monoisotopic (exact) mass is 168 g/mol. The molecule has 0 spiro atoms. The van der Waals surface area contributed by atoms with Crippen LogP contribution in [-0.4, -0.2) is 18.6 Å². The lowest BCUT2D eigenvalue weighted by molar-refractivity contribution is 0.494. The van der Waals surface area contributed by atoms with Crippen molar-refractivity contribution in [2.45, 2.75) is 26.2 Å². The molecule has 1 N–H and O–H groups in total. The Bertz CT molecular complexity index is 230. The summed E-state index contributed by atoms with van der Waals surface area (Å²) in [6.07, 6.45) is 2.45. The third-order valence-corrected chi connectivity index (χ3v) is 1.82. The predicted octanol–water partition coefficient (Wildman–Crippen LogP) is 1.56. The standard InChI is InChI=1S/C9H16N2O/c1-7(2)9-8(4-5-10-3)12-6-11-9/h6-7,10H,4-5H2,1-3H3. The lowest BCUT2D eigenvalue weighted by Gasteiger charge is -2.02. The van der Waals surface area contributed by atoms with Crippen molar-refractivity contribution in [3.8, 4) is 0 Å². The Morgan fingerprint density at radius 2 is 2.33 bits per heavy atom. The zero-order valence-electron chi connectivity index (χ0n) is 7.92. The topological polar surface area (TPSA) is 38.1 Å². The predicted molar refractivity (Wildman–Crippen MR) is 48.2 cm³/mol. The Morgan fingerprint density at radius 1 is 1.58 bits per heavy atom. The molecule has 1 aromatic rings. The number of likely N-dealkylation sites (N-methyl/N-ethyl adjacent to an activating group) is 1. The molecule has 0 bridgehead atoms. The summed E-state index contributed by atoms with van der Waals surface area (Å²) in [5.41, 5.74) is 1.09. The molecular weight excluding hydrogens is 152 g/mol. The van der Waals surface area contributed by atoms with Crippen molar-refractivity contribution in [1.82, 2.24) is 10.3 Å². The molecule has 3 nitrogen and oxygen atoms in total. The normalized spacial score (nSPS) is 11.0. The van der Waals surface area contributed by atoms with E-state index >= 15 is 0 Å². The molecule has 0 aromatic carbocycles. The van der Waals surface area contributed by atoms with Gasteiger partial charge in [-0.25, -0.2) is 4.98 Å². The molecule has 68 valence electrons. The number of aromatic nitrogens is 1. The lowest BCUT2D eigenvalue weighted by atomic mass is 10.1. The number of hydrogen-bond acceptors (Lipinski definition) is 3. The van der Waals surface area contributed by atoms with E-state index in [0.29, 0.717) is 5.92 Å². The summed E-state index contributed by atoms with van der Waals surface area (Å²) in [4.78, 5) is 4.17. The van der Waals surface area contributed by atoms with E-state index in [4.69, 9.17) is 4.42 Å². The van der Waals surface area contributed by atoms with Gasteiger partial charge >= 0.3 is 0 Å². The van der Waals surface area contributed by atoms with Crippen molar-refractivity contribution in [2.75, 3.05) is 13.6 Å². The zero-order valence-corrected chi connectivity index (χ0v) is 7.92. The van der Waals surface area contributed by atoms with Crippen molar-refractivity contribution in [3.63, 3.8) is 0 Å². The molecular formula is C9H16N2O. The van der Waals surface area contributed by atoms with Crippen LogP contribution in [0.25, 0.3) is 0 Å². The number of nitrogens with one attached hydrogen (secondary N) is 1. The smallest absolute Gasteiger partial charge is 0.181 e. The number of nitrogens with zero attached hydrogens (tertiary/aromatic N) is 1. The van der Waals surface area contributed by atoms with Crippen LogP contribution in [0.1, 0.15) is 31.2 Å². The maximum Gasteiger partial charge on any atom is 0.181 e. The van der Waals surface area contributed by atoms with E-state index < -0.39 is 0 Å². The van der Waals surface area contributed by atoms with Gasteiger partial charge in [0, 0.05) is 13.0 Å². The minimum absolute atomic E-state index is 0.454. The fourth-order valence-electron chi connectivity index (χ4n) is 1.18. The number of rotatable bonds is 4. The van der Waals surface area contributed by atoms with Crippen LogP contribution in [0.2, 0.25) is 0 Å². The highest BCUT2D eigenvalue weighted by Gasteiger charge is 2.10. The molecule has 0 aliphatic carbocycles. The van der Waals surface area contributed by atoms with Crippen LogP contribution < -0.4 is 5.32 Å². The quantitative estimate of drug-likeness (QED) is 0.741.